The van der Waals surface area contributed by atoms with Crippen LogP contribution in [0.1, 0.15) is 23.6 Å². The fraction of sp³-hybridized carbons (Fsp3) is 0.300. The summed E-state index contributed by atoms with van der Waals surface area (Å²) in [7, 11) is 0. The van der Waals surface area contributed by atoms with Crippen LogP contribution in [0, 0.1) is 11.3 Å². The third-order valence-corrected chi connectivity index (χ3v) is 4.34. The van der Waals surface area contributed by atoms with Crippen molar-refractivity contribution in [3.63, 3.8) is 0 Å². The highest BCUT2D eigenvalue weighted by molar-refractivity contribution is 5.77. The van der Waals surface area contributed by atoms with Crippen molar-refractivity contribution in [2.45, 2.75) is 12.5 Å². The number of hydrogen-bond donors (Lipinski definition) is 1. The lowest BCUT2D eigenvalue weighted by Gasteiger charge is -2.29. The molecule has 0 bridgehead atoms. The van der Waals surface area contributed by atoms with Crippen molar-refractivity contribution >= 4 is 5.91 Å². The number of carbonyl (C=O) groups is 1. The van der Waals surface area contributed by atoms with Crippen LogP contribution in [0.4, 0.5) is 0 Å². The summed E-state index contributed by atoms with van der Waals surface area (Å²) in [6.07, 6.45) is 0.452. The number of carbonyl (C=O) groups excluding carboxylic acids is 1. The minimum atomic E-state index is 0.0535. The minimum absolute atomic E-state index is 0.0535. The lowest BCUT2D eigenvalue weighted by molar-refractivity contribution is -0.121. The standard InChI is InChI=1S/C20H21N3O2/c21-15-16-5-4-8-18(13-16)25-12-11-23-10-9-22-20(24)14-19(23)17-6-2-1-3-7-17/h1-8,13,19H,9-12,14H2,(H,22,24). The number of nitrogens with zero attached hydrogens (tertiary/aromatic N) is 2. The molecular weight excluding hydrogens is 314 g/mol. The summed E-state index contributed by atoms with van der Waals surface area (Å²) in [4.78, 5) is 14.3. The Hall–Kier alpha value is -2.84. The van der Waals surface area contributed by atoms with Crippen molar-refractivity contribution in [1.29, 1.82) is 5.26 Å². The molecule has 25 heavy (non-hydrogen) atoms. The topological polar surface area (TPSA) is 65.4 Å². The molecule has 3 rings (SSSR count). The number of ether oxygens (including phenoxy) is 1. The predicted molar refractivity (Wildman–Crippen MR) is 95.0 cm³/mol. The van der Waals surface area contributed by atoms with Crippen LogP contribution >= 0.6 is 0 Å². The van der Waals surface area contributed by atoms with Crippen molar-refractivity contribution in [3.8, 4) is 11.8 Å². The van der Waals surface area contributed by atoms with Crippen LogP contribution in [-0.4, -0.2) is 37.0 Å². The van der Waals surface area contributed by atoms with Gasteiger partial charge in [0.2, 0.25) is 5.91 Å². The summed E-state index contributed by atoms with van der Waals surface area (Å²) >= 11 is 0. The quantitative estimate of drug-likeness (QED) is 0.912. The Morgan fingerprint density at radius 2 is 2.04 bits per heavy atom. The van der Waals surface area contributed by atoms with Crippen LogP contribution in [0.15, 0.2) is 54.6 Å². The van der Waals surface area contributed by atoms with Crippen molar-refractivity contribution in [3.05, 3.63) is 65.7 Å². The third kappa shape index (κ3) is 4.59. The first-order valence-electron chi connectivity index (χ1n) is 8.45. The number of benzene rings is 2. The molecule has 1 aliphatic rings. The number of nitriles is 1. The van der Waals surface area contributed by atoms with Crippen LogP contribution in [0.5, 0.6) is 5.75 Å². The molecule has 2 aromatic rings. The van der Waals surface area contributed by atoms with Gasteiger partial charge in [-0.1, -0.05) is 36.4 Å². The van der Waals surface area contributed by atoms with E-state index in [9.17, 15) is 4.79 Å². The average Bonchev–Trinajstić information content (AvgIpc) is 2.84. The molecule has 0 saturated carbocycles. The van der Waals surface area contributed by atoms with E-state index in [1.165, 1.54) is 0 Å². The molecule has 1 amide bonds. The zero-order valence-electron chi connectivity index (χ0n) is 14.0. The van der Waals surface area contributed by atoms with Gasteiger partial charge < -0.3 is 10.1 Å². The first-order valence-corrected chi connectivity index (χ1v) is 8.45. The maximum Gasteiger partial charge on any atom is 0.221 e. The van der Waals surface area contributed by atoms with Gasteiger partial charge in [-0.05, 0) is 23.8 Å². The Labute approximate surface area is 147 Å². The number of rotatable bonds is 5. The van der Waals surface area contributed by atoms with Crippen molar-refractivity contribution in [1.82, 2.24) is 10.2 Å². The molecule has 1 heterocycles. The van der Waals surface area contributed by atoms with Gasteiger partial charge in [0.25, 0.3) is 0 Å². The summed E-state index contributed by atoms with van der Waals surface area (Å²) in [6.45, 7) is 2.65. The highest BCUT2D eigenvalue weighted by Gasteiger charge is 2.25. The highest BCUT2D eigenvalue weighted by atomic mass is 16.5. The molecule has 1 aliphatic heterocycles. The van der Waals surface area contributed by atoms with Gasteiger partial charge in [0.15, 0.2) is 0 Å². The number of hydrogen-bond acceptors (Lipinski definition) is 4. The van der Waals surface area contributed by atoms with Gasteiger partial charge in [-0.25, -0.2) is 0 Å². The highest BCUT2D eigenvalue weighted by Crippen LogP contribution is 2.25. The number of amides is 1. The third-order valence-electron chi connectivity index (χ3n) is 4.34. The van der Waals surface area contributed by atoms with Crippen LogP contribution in [-0.2, 0) is 4.79 Å². The second-order valence-corrected chi connectivity index (χ2v) is 6.00. The minimum Gasteiger partial charge on any atom is -0.492 e. The molecule has 1 fully saturated rings. The van der Waals surface area contributed by atoms with E-state index in [4.69, 9.17) is 10.00 Å². The molecule has 0 aliphatic carbocycles. The summed E-state index contributed by atoms with van der Waals surface area (Å²) in [6, 6.07) is 19.4. The van der Waals surface area contributed by atoms with Gasteiger partial charge in [-0.2, -0.15) is 5.26 Å². The Bertz CT molecular complexity index is 755. The number of nitrogens with one attached hydrogen (secondary N) is 1. The molecule has 128 valence electrons. The molecule has 1 saturated heterocycles. The zero-order chi connectivity index (χ0) is 17.5. The Morgan fingerprint density at radius 3 is 2.84 bits per heavy atom. The summed E-state index contributed by atoms with van der Waals surface area (Å²) in [5, 5.41) is 11.9. The zero-order valence-corrected chi connectivity index (χ0v) is 14.0. The van der Waals surface area contributed by atoms with E-state index in [-0.39, 0.29) is 11.9 Å². The van der Waals surface area contributed by atoms with Crippen LogP contribution in [0.25, 0.3) is 0 Å². The fourth-order valence-corrected chi connectivity index (χ4v) is 3.08. The first-order chi connectivity index (χ1) is 12.3. The smallest absolute Gasteiger partial charge is 0.221 e. The van der Waals surface area contributed by atoms with Crippen LogP contribution in [0.3, 0.4) is 0 Å². The van der Waals surface area contributed by atoms with Gasteiger partial charge in [-0.3, -0.25) is 9.69 Å². The molecule has 5 heteroatoms. The van der Waals surface area contributed by atoms with E-state index in [2.05, 4.69) is 28.4 Å². The first kappa shape index (κ1) is 17.0. The van der Waals surface area contributed by atoms with Crippen LogP contribution in [0.2, 0.25) is 0 Å². The second kappa shape index (κ2) is 8.32. The van der Waals surface area contributed by atoms with E-state index in [1.54, 1.807) is 12.1 Å². The molecule has 2 aromatic carbocycles. The monoisotopic (exact) mass is 335 g/mol. The lowest BCUT2D eigenvalue weighted by atomic mass is 10.0. The van der Waals surface area contributed by atoms with Gasteiger partial charge in [0.05, 0.1) is 11.6 Å². The predicted octanol–water partition coefficient (Wildman–Crippen LogP) is 2.50. The second-order valence-electron chi connectivity index (χ2n) is 6.00. The normalized spacial score (nSPS) is 18.0. The molecule has 5 nitrogen and oxygen atoms in total. The summed E-state index contributed by atoms with van der Waals surface area (Å²) < 4.78 is 5.80. The molecular formula is C20H21N3O2. The fourth-order valence-electron chi connectivity index (χ4n) is 3.08. The van der Waals surface area contributed by atoms with E-state index < -0.39 is 0 Å². The summed E-state index contributed by atoms with van der Waals surface area (Å²) in [5.41, 5.74) is 1.73. The average molecular weight is 335 g/mol. The maximum atomic E-state index is 12.0. The Kier molecular flexibility index (Phi) is 5.65. The van der Waals surface area contributed by atoms with E-state index in [0.29, 0.717) is 37.4 Å². The molecule has 0 radical (unpaired) electrons. The van der Waals surface area contributed by atoms with Crippen LogP contribution < -0.4 is 10.1 Å². The van der Waals surface area contributed by atoms with E-state index in [0.717, 1.165) is 12.1 Å². The molecule has 0 aromatic heterocycles. The van der Waals surface area contributed by atoms with Gasteiger partial charge in [0, 0.05) is 32.1 Å². The largest absolute Gasteiger partial charge is 0.492 e. The molecule has 1 unspecified atom stereocenters. The van der Waals surface area contributed by atoms with Crippen molar-refractivity contribution < 1.29 is 9.53 Å². The maximum absolute atomic E-state index is 12.0. The van der Waals surface area contributed by atoms with Gasteiger partial charge in [-0.15, -0.1) is 0 Å². The van der Waals surface area contributed by atoms with E-state index in [1.807, 2.05) is 30.3 Å². The van der Waals surface area contributed by atoms with Crippen molar-refractivity contribution in [2.75, 3.05) is 26.2 Å². The Morgan fingerprint density at radius 1 is 1.20 bits per heavy atom. The summed E-state index contributed by atoms with van der Waals surface area (Å²) in [5.74, 6) is 0.776. The van der Waals surface area contributed by atoms with Gasteiger partial charge in [0.1, 0.15) is 12.4 Å². The Balaban J connectivity index is 1.65. The molecule has 1 atom stereocenters. The van der Waals surface area contributed by atoms with Crippen molar-refractivity contribution in [2.24, 2.45) is 0 Å². The SMILES string of the molecule is N#Cc1cccc(OCCN2CCNC(=O)CC2c2ccccc2)c1. The molecule has 1 N–H and O–H groups in total. The lowest BCUT2D eigenvalue weighted by Crippen LogP contribution is -2.34. The molecule has 0 spiro atoms. The van der Waals surface area contributed by atoms with Gasteiger partial charge >= 0.3 is 0 Å². The van der Waals surface area contributed by atoms with E-state index >= 15 is 0 Å².